The van der Waals surface area contributed by atoms with Crippen LogP contribution in [0.2, 0.25) is 5.02 Å². The largest absolute Gasteiger partial charge is 0.297 e. The van der Waals surface area contributed by atoms with Gasteiger partial charge in [0.05, 0.1) is 5.54 Å². The van der Waals surface area contributed by atoms with Gasteiger partial charge in [-0.1, -0.05) is 41.9 Å². The highest BCUT2D eigenvalue weighted by atomic mass is 35.5. The Morgan fingerprint density at radius 3 is 2.89 bits per heavy atom. The van der Waals surface area contributed by atoms with Crippen LogP contribution in [0, 0.1) is 0 Å². The van der Waals surface area contributed by atoms with E-state index < -0.39 is 0 Å². The maximum absolute atomic E-state index is 6.23. The molecule has 2 bridgehead atoms. The number of fused-ring (bicyclic) bond motifs is 7. The Hall–Kier alpha value is -1.31. The van der Waals surface area contributed by atoms with Gasteiger partial charge in [-0.3, -0.25) is 5.32 Å². The first kappa shape index (κ1) is 11.5. The monoisotopic (exact) mass is 269 g/mol. The molecule has 0 saturated carbocycles. The highest BCUT2D eigenvalue weighted by Gasteiger charge is 2.43. The molecule has 4 rings (SSSR count). The van der Waals surface area contributed by atoms with E-state index in [-0.39, 0.29) is 5.54 Å². The summed E-state index contributed by atoms with van der Waals surface area (Å²) in [4.78, 5) is 0. The number of nitrogens with one attached hydrogen (secondary N) is 1. The summed E-state index contributed by atoms with van der Waals surface area (Å²) in [7, 11) is 0. The average molecular weight is 270 g/mol. The van der Waals surface area contributed by atoms with Gasteiger partial charge in [0.25, 0.3) is 0 Å². The first-order chi connectivity index (χ1) is 9.18. The lowest BCUT2D eigenvalue weighted by atomic mass is 9.80. The lowest BCUT2D eigenvalue weighted by Gasteiger charge is -2.28. The topological polar surface area (TPSA) is 12.0 Å². The van der Waals surface area contributed by atoms with Gasteiger partial charge in [-0.2, -0.15) is 0 Å². The summed E-state index contributed by atoms with van der Waals surface area (Å²) in [5, 5.41) is 4.64. The van der Waals surface area contributed by atoms with Crippen molar-refractivity contribution in [3.8, 4) is 0 Å². The maximum Gasteiger partial charge on any atom is 0.0673 e. The van der Waals surface area contributed by atoms with E-state index in [1.54, 1.807) is 0 Å². The Morgan fingerprint density at radius 1 is 1.16 bits per heavy atom. The molecule has 96 valence electrons. The third-order valence-corrected chi connectivity index (χ3v) is 4.89. The molecule has 0 saturated heterocycles. The predicted molar refractivity (Wildman–Crippen MR) is 78.5 cm³/mol. The second kappa shape index (κ2) is 3.84. The minimum atomic E-state index is -0.0992. The molecular formula is C17H16ClN. The standard InChI is InChI=1S/C17H16ClN/c1-17-14-5-3-2-4-13(14)16(19-17)9-7-11-6-8-12(18)10-15(11)17/h2-6,8,10,16,19H,7,9H2,1H3. The summed E-state index contributed by atoms with van der Waals surface area (Å²) in [5.74, 6) is 0. The number of rotatable bonds is 0. The van der Waals surface area contributed by atoms with Gasteiger partial charge in [0.15, 0.2) is 0 Å². The Morgan fingerprint density at radius 2 is 2.00 bits per heavy atom. The molecule has 0 radical (unpaired) electrons. The van der Waals surface area contributed by atoms with Crippen LogP contribution in [0.4, 0.5) is 0 Å². The second-order valence-corrected chi connectivity index (χ2v) is 6.19. The van der Waals surface area contributed by atoms with Crippen LogP contribution < -0.4 is 5.32 Å². The van der Waals surface area contributed by atoms with Gasteiger partial charge in [-0.25, -0.2) is 0 Å². The van der Waals surface area contributed by atoms with Gasteiger partial charge >= 0.3 is 0 Å². The van der Waals surface area contributed by atoms with Crippen molar-refractivity contribution in [2.24, 2.45) is 0 Å². The second-order valence-electron chi connectivity index (χ2n) is 5.75. The van der Waals surface area contributed by atoms with Crippen molar-refractivity contribution in [3.63, 3.8) is 0 Å². The van der Waals surface area contributed by atoms with Crippen LogP contribution in [-0.2, 0) is 12.0 Å². The van der Waals surface area contributed by atoms with Crippen LogP contribution in [0.25, 0.3) is 0 Å². The van der Waals surface area contributed by atoms with Gasteiger partial charge < -0.3 is 0 Å². The molecule has 2 unspecified atom stereocenters. The molecule has 2 heterocycles. The average Bonchev–Trinajstić information content (AvgIpc) is 2.63. The molecule has 2 heteroatoms. The van der Waals surface area contributed by atoms with Crippen LogP contribution in [0.1, 0.15) is 41.6 Å². The van der Waals surface area contributed by atoms with E-state index in [1.807, 2.05) is 6.07 Å². The van der Waals surface area contributed by atoms with E-state index in [2.05, 4.69) is 48.6 Å². The normalized spacial score (nSPS) is 27.6. The van der Waals surface area contributed by atoms with Gasteiger partial charge in [0.1, 0.15) is 0 Å². The molecule has 1 N–H and O–H groups in total. The summed E-state index contributed by atoms with van der Waals surface area (Å²) in [6.07, 6.45) is 2.27. The molecule has 1 nitrogen and oxygen atoms in total. The fourth-order valence-electron chi connectivity index (χ4n) is 3.74. The predicted octanol–water partition coefficient (Wildman–Crippen LogP) is 4.19. The fourth-order valence-corrected chi connectivity index (χ4v) is 3.91. The van der Waals surface area contributed by atoms with E-state index in [0.29, 0.717) is 6.04 Å². The van der Waals surface area contributed by atoms with E-state index in [9.17, 15) is 0 Å². The first-order valence-corrected chi connectivity index (χ1v) is 7.22. The molecule has 2 aliphatic rings. The first-order valence-electron chi connectivity index (χ1n) is 6.84. The summed E-state index contributed by atoms with van der Waals surface area (Å²) < 4.78 is 0. The number of aryl methyl sites for hydroxylation is 1. The van der Waals surface area contributed by atoms with E-state index in [1.165, 1.54) is 22.3 Å². The van der Waals surface area contributed by atoms with E-state index in [0.717, 1.165) is 17.9 Å². The van der Waals surface area contributed by atoms with Crippen LogP contribution in [-0.4, -0.2) is 0 Å². The van der Waals surface area contributed by atoms with Crippen molar-refractivity contribution < 1.29 is 0 Å². The minimum absolute atomic E-state index is 0.0992. The lowest BCUT2D eigenvalue weighted by molar-refractivity contribution is 0.423. The summed E-state index contributed by atoms with van der Waals surface area (Å²) in [6, 6.07) is 15.6. The fraction of sp³-hybridized carbons (Fsp3) is 0.294. The molecule has 2 aliphatic heterocycles. The number of hydrogen-bond acceptors (Lipinski definition) is 1. The Bertz CT molecular complexity index is 664. The highest BCUT2D eigenvalue weighted by molar-refractivity contribution is 6.30. The van der Waals surface area contributed by atoms with Crippen molar-refractivity contribution in [2.45, 2.75) is 31.3 Å². The zero-order valence-electron chi connectivity index (χ0n) is 10.9. The summed E-state index contributed by atoms with van der Waals surface area (Å²) >= 11 is 6.23. The number of benzene rings is 2. The molecule has 2 aromatic carbocycles. The molecule has 2 atom stereocenters. The van der Waals surface area contributed by atoms with Crippen molar-refractivity contribution >= 4 is 11.6 Å². The molecule has 0 aromatic heterocycles. The van der Waals surface area contributed by atoms with E-state index in [4.69, 9.17) is 11.6 Å². The molecule has 0 fully saturated rings. The molecule has 0 amide bonds. The van der Waals surface area contributed by atoms with Gasteiger partial charge in [0.2, 0.25) is 0 Å². The van der Waals surface area contributed by atoms with Crippen molar-refractivity contribution in [3.05, 3.63) is 69.7 Å². The SMILES string of the molecule is CC12NC(CCc3ccc(Cl)cc31)c1ccccc12. The van der Waals surface area contributed by atoms with Crippen molar-refractivity contribution in [1.29, 1.82) is 0 Å². The Labute approximate surface area is 118 Å². The van der Waals surface area contributed by atoms with Crippen molar-refractivity contribution in [2.75, 3.05) is 0 Å². The highest BCUT2D eigenvalue weighted by Crippen LogP contribution is 2.47. The van der Waals surface area contributed by atoms with Crippen LogP contribution >= 0.6 is 11.6 Å². The third kappa shape index (κ3) is 1.52. The van der Waals surface area contributed by atoms with Gasteiger partial charge in [-0.05, 0) is 54.2 Å². The van der Waals surface area contributed by atoms with Crippen molar-refractivity contribution in [1.82, 2.24) is 5.32 Å². The van der Waals surface area contributed by atoms with Crippen LogP contribution in [0.3, 0.4) is 0 Å². The molecule has 0 spiro atoms. The maximum atomic E-state index is 6.23. The third-order valence-electron chi connectivity index (χ3n) is 4.65. The summed E-state index contributed by atoms with van der Waals surface area (Å²) in [6.45, 7) is 2.28. The lowest BCUT2D eigenvalue weighted by Crippen LogP contribution is -2.35. The number of halogens is 1. The zero-order valence-corrected chi connectivity index (χ0v) is 11.7. The molecular weight excluding hydrogens is 254 g/mol. The van der Waals surface area contributed by atoms with Gasteiger partial charge in [-0.15, -0.1) is 0 Å². The smallest absolute Gasteiger partial charge is 0.0673 e. The molecule has 19 heavy (non-hydrogen) atoms. The molecule has 2 aromatic rings. The Kier molecular flexibility index (Phi) is 2.33. The zero-order chi connectivity index (χ0) is 13.0. The Balaban J connectivity index is 2.02. The number of hydrogen-bond donors (Lipinski definition) is 1. The summed E-state index contributed by atoms with van der Waals surface area (Å²) in [5.41, 5.74) is 5.53. The quantitative estimate of drug-likeness (QED) is 0.756. The van der Waals surface area contributed by atoms with Crippen LogP contribution in [0.15, 0.2) is 42.5 Å². The van der Waals surface area contributed by atoms with E-state index >= 15 is 0 Å². The minimum Gasteiger partial charge on any atom is -0.297 e. The van der Waals surface area contributed by atoms with Crippen LogP contribution in [0.5, 0.6) is 0 Å². The van der Waals surface area contributed by atoms with Gasteiger partial charge in [0, 0.05) is 11.1 Å². The molecule has 0 aliphatic carbocycles.